The molecule has 0 aromatic carbocycles. The van der Waals surface area contributed by atoms with Gasteiger partial charge in [0.15, 0.2) is 0 Å². The van der Waals surface area contributed by atoms with E-state index in [-0.39, 0.29) is 23.0 Å². The molecule has 0 aliphatic heterocycles. The average molecular weight is 304 g/mol. The first-order valence-electron chi connectivity index (χ1n) is 9.37. The molecule has 4 rings (SSSR count). The van der Waals surface area contributed by atoms with Crippen LogP contribution in [0.4, 0.5) is 0 Å². The predicted molar refractivity (Wildman–Crippen MR) is 88.3 cm³/mol. The van der Waals surface area contributed by atoms with Crippen molar-refractivity contribution in [1.82, 2.24) is 0 Å². The summed E-state index contributed by atoms with van der Waals surface area (Å²) in [6.07, 6.45) is 11.1. The van der Waals surface area contributed by atoms with E-state index in [0.717, 1.165) is 31.6 Å². The van der Waals surface area contributed by atoms with E-state index in [4.69, 9.17) is 0 Å². The number of fused-ring (bicyclic) bond motifs is 5. The molecule has 0 aromatic heterocycles. The molecule has 0 aromatic rings. The zero-order valence-electron chi connectivity index (χ0n) is 14.4. The summed E-state index contributed by atoms with van der Waals surface area (Å²) in [6.45, 7) is 7.30. The molecule has 22 heavy (non-hydrogen) atoms. The summed E-state index contributed by atoms with van der Waals surface area (Å²) in [4.78, 5) is 0. The van der Waals surface area contributed by atoms with Crippen molar-refractivity contribution < 1.29 is 10.2 Å². The highest BCUT2D eigenvalue weighted by molar-refractivity contribution is 5.26. The Balaban J connectivity index is 1.73. The van der Waals surface area contributed by atoms with Gasteiger partial charge in [0.2, 0.25) is 0 Å². The second-order valence-corrected chi connectivity index (χ2v) is 9.42. The van der Waals surface area contributed by atoms with E-state index in [2.05, 4.69) is 26.8 Å². The van der Waals surface area contributed by atoms with Crippen LogP contribution in [0.15, 0.2) is 11.6 Å². The van der Waals surface area contributed by atoms with Crippen molar-refractivity contribution in [2.75, 3.05) is 0 Å². The molecular formula is C20H32O2. The number of hydrogen-bond donors (Lipinski definition) is 2. The Morgan fingerprint density at radius 2 is 1.64 bits per heavy atom. The van der Waals surface area contributed by atoms with Gasteiger partial charge in [0.05, 0.1) is 12.2 Å². The van der Waals surface area contributed by atoms with Crippen LogP contribution in [0.5, 0.6) is 0 Å². The van der Waals surface area contributed by atoms with Gasteiger partial charge in [-0.3, -0.25) is 0 Å². The molecule has 2 heteroatoms. The highest BCUT2D eigenvalue weighted by Gasteiger charge is 2.64. The van der Waals surface area contributed by atoms with Crippen molar-refractivity contribution in [3.8, 4) is 0 Å². The molecular weight excluding hydrogens is 272 g/mol. The minimum Gasteiger partial charge on any atom is -0.393 e. The summed E-state index contributed by atoms with van der Waals surface area (Å²) in [7, 11) is 0. The van der Waals surface area contributed by atoms with Crippen LogP contribution in [0.2, 0.25) is 0 Å². The summed E-state index contributed by atoms with van der Waals surface area (Å²) in [5.41, 5.74) is 2.25. The molecule has 7 atom stereocenters. The van der Waals surface area contributed by atoms with E-state index >= 15 is 0 Å². The van der Waals surface area contributed by atoms with Gasteiger partial charge < -0.3 is 10.2 Å². The lowest BCUT2D eigenvalue weighted by atomic mass is 9.43. The second-order valence-electron chi connectivity index (χ2n) is 9.42. The minimum atomic E-state index is -0.117. The van der Waals surface area contributed by atoms with Crippen molar-refractivity contribution >= 4 is 0 Å². The van der Waals surface area contributed by atoms with Crippen LogP contribution >= 0.6 is 0 Å². The van der Waals surface area contributed by atoms with Gasteiger partial charge in [-0.25, -0.2) is 0 Å². The summed E-state index contributed by atoms with van der Waals surface area (Å²) in [6, 6.07) is 0. The Labute approximate surface area is 135 Å². The molecule has 0 amide bonds. The van der Waals surface area contributed by atoms with Crippen LogP contribution < -0.4 is 0 Å². The molecule has 3 saturated carbocycles. The predicted octanol–water partition coefficient (Wildman–Crippen LogP) is 4.06. The molecule has 2 nitrogen and oxygen atoms in total. The quantitative estimate of drug-likeness (QED) is 0.663. The number of rotatable bonds is 0. The topological polar surface area (TPSA) is 40.5 Å². The normalized spacial score (nSPS) is 57.6. The van der Waals surface area contributed by atoms with Gasteiger partial charge in [0.1, 0.15) is 0 Å². The monoisotopic (exact) mass is 304 g/mol. The third-order valence-corrected chi connectivity index (χ3v) is 8.88. The number of aliphatic hydroxyl groups excluding tert-OH is 2. The third-order valence-electron chi connectivity index (χ3n) is 8.88. The maximum atomic E-state index is 10.6. The molecule has 0 spiro atoms. The third kappa shape index (κ3) is 1.69. The van der Waals surface area contributed by atoms with E-state index in [1.165, 1.54) is 25.7 Å². The smallest absolute Gasteiger partial charge is 0.0599 e. The first-order valence-corrected chi connectivity index (χ1v) is 9.37. The van der Waals surface area contributed by atoms with Gasteiger partial charge in [-0.1, -0.05) is 32.4 Å². The lowest BCUT2D eigenvalue weighted by molar-refractivity contribution is -0.124. The van der Waals surface area contributed by atoms with Crippen LogP contribution in [0.3, 0.4) is 0 Å². The Morgan fingerprint density at radius 1 is 0.909 bits per heavy atom. The van der Waals surface area contributed by atoms with Crippen LogP contribution in [0.1, 0.15) is 72.1 Å². The van der Waals surface area contributed by atoms with Crippen LogP contribution in [-0.2, 0) is 0 Å². The van der Waals surface area contributed by atoms with Gasteiger partial charge in [0, 0.05) is 0 Å². The van der Waals surface area contributed by atoms with Crippen molar-refractivity contribution in [2.45, 2.75) is 84.3 Å². The van der Waals surface area contributed by atoms with Crippen LogP contribution in [0, 0.1) is 28.1 Å². The minimum absolute atomic E-state index is 0.107. The average Bonchev–Trinajstić information content (AvgIpc) is 2.72. The number of aliphatic hydroxyl groups is 2. The molecule has 124 valence electrons. The van der Waals surface area contributed by atoms with Crippen LogP contribution in [0.25, 0.3) is 0 Å². The van der Waals surface area contributed by atoms with Crippen molar-refractivity contribution in [3.05, 3.63) is 11.6 Å². The number of allylic oxidation sites excluding steroid dienone is 1. The Bertz CT molecular complexity index is 512. The molecule has 0 bridgehead atoms. The molecule has 0 unspecified atom stereocenters. The van der Waals surface area contributed by atoms with Crippen molar-refractivity contribution in [2.24, 2.45) is 28.1 Å². The van der Waals surface area contributed by atoms with Crippen molar-refractivity contribution in [3.63, 3.8) is 0 Å². The highest BCUT2D eigenvalue weighted by Crippen LogP contribution is 2.70. The molecule has 0 radical (unpaired) electrons. The summed E-state index contributed by atoms with van der Waals surface area (Å²) >= 11 is 0. The SMILES string of the molecule is C[C@]12CC[C@@H](O)CC1=CC[C@@H]1[C@@H]2CC[C@@]2(C)[C@@H](O)CC[C@@]12C. The fraction of sp³-hybridized carbons (Fsp3) is 0.900. The first kappa shape index (κ1) is 15.2. The Kier molecular flexibility index (Phi) is 3.18. The summed E-state index contributed by atoms with van der Waals surface area (Å²) in [5, 5.41) is 20.7. The van der Waals surface area contributed by atoms with E-state index in [1.807, 2.05) is 0 Å². The second kappa shape index (κ2) is 4.60. The molecule has 0 saturated heterocycles. The Hall–Kier alpha value is -0.340. The van der Waals surface area contributed by atoms with E-state index in [0.29, 0.717) is 11.3 Å². The maximum absolute atomic E-state index is 10.6. The van der Waals surface area contributed by atoms with Gasteiger partial charge in [-0.2, -0.15) is 0 Å². The van der Waals surface area contributed by atoms with E-state index in [9.17, 15) is 10.2 Å². The van der Waals surface area contributed by atoms with Crippen molar-refractivity contribution in [1.29, 1.82) is 0 Å². The highest BCUT2D eigenvalue weighted by atomic mass is 16.3. The number of hydrogen-bond acceptors (Lipinski definition) is 2. The largest absolute Gasteiger partial charge is 0.393 e. The zero-order chi connectivity index (χ0) is 15.8. The molecule has 4 aliphatic carbocycles. The summed E-state index contributed by atoms with van der Waals surface area (Å²) in [5.74, 6) is 1.47. The van der Waals surface area contributed by atoms with Gasteiger partial charge >= 0.3 is 0 Å². The maximum Gasteiger partial charge on any atom is 0.0599 e. The van der Waals surface area contributed by atoms with E-state index < -0.39 is 0 Å². The fourth-order valence-electron chi connectivity index (χ4n) is 7.00. The lowest BCUT2D eigenvalue weighted by Gasteiger charge is -2.62. The molecule has 3 fully saturated rings. The van der Waals surface area contributed by atoms with E-state index in [1.54, 1.807) is 5.57 Å². The summed E-state index contributed by atoms with van der Waals surface area (Å²) < 4.78 is 0. The fourth-order valence-corrected chi connectivity index (χ4v) is 7.00. The molecule has 4 aliphatic rings. The van der Waals surface area contributed by atoms with Crippen LogP contribution in [-0.4, -0.2) is 22.4 Å². The molecule has 0 heterocycles. The van der Waals surface area contributed by atoms with Gasteiger partial charge in [0.25, 0.3) is 0 Å². The standard InChI is InChI=1S/C20H32O2/c1-18-9-6-14(21)12-13(18)4-5-16-15(18)7-10-20(3)17(22)8-11-19(16,20)2/h4,14-17,21-22H,5-12H2,1-3H3/t14-,15+,16-,17+,18+,19+,20+/m1/s1. The van der Waals surface area contributed by atoms with Gasteiger partial charge in [-0.05, 0) is 79.4 Å². The first-order chi connectivity index (χ1) is 10.3. The lowest BCUT2D eigenvalue weighted by Crippen LogP contribution is -2.56. The Morgan fingerprint density at radius 3 is 2.41 bits per heavy atom. The van der Waals surface area contributed by atoms with Gasteiger partial charge in [-0.15, -0.1) is 0 Å². The molecule has 2 N–H and O–H groups in total. The zero-order valence-corrected chi connectivity index (χ0v) is 14.4.